The molecule has 0 unspecified atom stereocenters. The van der Waals surface area contributed by atoms with E-state index in [1.165, 1.54) is 0 Å². The minimum atomic E-state index is -0.555. The van der Waals surface area contributed by atoms with Crippen LogP contribution in [0.25, 0.3) is 0 Å². The van der Waals surface area contributed by atoms with Crippen molar-refractivity contribution in [1.29, 1.82) is 0 Å². The van der Waals surface area contributed by atoms with Gasteiger partial charge >= 0.3 is 5.97 Å². The lowest BCUT2D eigenvalue weighted by Crippen LogP contribution is -2.23. The highest BCUT2D eigenvalue weighted by Gasteiger charge is 2.25. The Bertz CT molecular complexity index is 1060. The fourth-order valence-electron chi connectivity index (χ4n) is 3.88. The lowest BCUT2D eigenvalue weighted by molar-refractivity contribution is -0.114. The number of cyclic esters (lactones) is 1. The van der Waals surface area contributed by atoms with Gasteiger partial charge in [-0.25, -0.2) is 4.79 Å². The van der Waals surface area contributed by atoms with Crippen molar-refractivity contribution in [3.63, 3.8) is 0 Å². The third kappa shape index (κ3) is 9.52. The number of carbonyl (C=O) groups excluding carboxylic acids is 2. The Morgan fingerprint density at radius 2 is 1.62 bits per heavy atom. The average Bonchev–Trinajstić information content (AvgIpc) is 2.88. The van der Waals surface area contributed by atoms with Gasteiger partial charge in [0.05, 0.1) is 0 Å². The number of hydrogen-bond donors (Lipinski definition) is 0. The molecule has 3 rings (SSSR count). The van der Waals surface area contributed by atoms with Crippen LogP contribution >= 0.6 is 0 Å². The van der Waals surface area contributed by atoms with Crippen LogP contribution in [0.5, 0.6) is 11.5 Å². The quantitative estimate of drug-likeness (QED) is 0.179. The van der Waals surface area contributed by atoms with Crippen molar-refractivity contribution in [2.24, 2.45) is 0 Å². The molecule has 0 bridgehead atoms. The molecule has 1 heterocycles. The lowest BCUT2D eigenvalue weighted by Gasteiger charge is -2.21. The maximum atomic E-state index is 13.6. The molecule has 7 nitrogen and oxygen atoms in total. The van der Waals surface area contributed by atoms with Gasteiger partial charge in [-0.15, -0.1) is 0 Å². The Hall–Kier alpha value is -3.42. The zero-order chi connectivity index (χ0) is 26.3. The number of esters is 1. The maximum absolute atomic E-state index is 13.6. The van der Waals surface area contributed by atoms with E-state index in [9.17, 15) is 9.59 Å². The number of benzene rings is 2. The Labute approximate surface area is 219 Å². The van der Waals surface area contributed by atoms with Gasteiger partial charge in [0.15, 0.2) is 19.4 Å². The second-order valence-electron chi connectivity index (χ2n) is 8.51. The van der Waals surface area contributed by atoms with Gasteiger partial charge < -0.3 is 23.7 Å². The van der Waals surface area contributed by atoms with E-state index in [0.29, 0.717) is 37.4 Å². The summed E-state index contributed by atoms with van der Waals surface area (Å²) >= 11 is 0. The smallest absolute Gasteiger partial charge is 0.342 e. The van der Waals surface area contributed by atoms with Crippen LogP contribution in [0.4, 0.5) is 0 Å². The Morgan fingerprint density at radius 1 is 0.892 bits per heavy atom. The SMILES string of the molecule is CCOCOc1cc2c(c(OCOCC)c1)C(=O)O[C@H](Cc1ccccc1)CC=CCCC=CC(=O)C2. The number of allylic oxidation sites excluding steroid dienone is 3. The fourth-order valence-corrected chi connectivity index (χ4v) is 3.88. The van der Waals surface area contributed by atoms with Crippen molar-refractivity contribution < 1.29 is 33.3 Å². The summed E-state index contributed by atoms with van der Waals surface area (Å²) in [6.07, 6.45) is 9.80. The number of rotatable bonds is 10. The number of fused-ring (bicyclic) bond motifs is 1. The Kier molecular flexibility index (Phi) is 11.9. The van der Waals surface area contributed by atoms with Gasteiger partial charge in [0.25, 0.3) is 0 Å². The molecule has 1 aliphatic rings. The van der Waals surface area contributed by atoms with Crippen molar-refractivity contribution in [3.05, 3.63) is 83.5 Å². The van der Waals surface area contributed by atoms with E-state index < -0.39 is 5.97 Å². The van der Waals surface area contributed by atoms with Crippen LogP contribution in [0, 0.1) is 0 Å². The van der Waals surface area contributed by atoms with Crippen molar-refractivity contribution in [1.82, 2.24) is 0 Å². The second kappa shape index (κ2) is 15.6. The molecule has 37 heavy (non-hydrogen) atoms. The molecule has 0 saturated carbocycles. The normalized spacial score (nSPS) is 16.5. The summed E-state index contributed by atoms with van der Waals surface area (Å²) in [5.41, 5.74) is 1.73. The molecule has 198 valence electrons. The second-order valence-corrected chi connectivity index (χ2v) is 8.51. The number of hydrogen-bond acceptors (Lipinski definition) is 7. The molecule has 1 atom stereocenters. The van der Waals surface area contributed by atoms with Crippen LogP contribution in [0.15, 0.2) is 66.8 Å². The number of ether oxygens (including phenoxy) is 5. The molecule has 7 heteroatoms. The molecule has 0 radical (unpaired) electrons. The summed E-state index contributed by atoms with van der Waals surface area (Å²) in [4.78, 5) is 26.4. The standard InChI is InChI=1S/C30H36O7/c1-3-33-21-35-27-19-24-18-25(31)15-11-6-5-7-12-16-26(17-23-13-9-8-10-14-23)37-30(32)29(24)28(20-27)36-22-34-4-2/h7-15,19-20,26H,3-6,16-18,21-22H2,1-2H3/t26-/m0/s1. The van der Waals surface area contributed by atoms with Gasteiger partial charge in [0.1, 0.15) is 23.2 Å². The molecule has 0 aliphatic carbocycles. The van der Waals surface area contributed by atoms with Crippen molar-refractivity contribution in [3.8, 4) is 11.5 Å². The topological polar surface area (TPSA) is 80.3 Å². The first-order chi connectivity index (χ1) is 18.1. The van der Waals surface area contributed by atoms with Crippen LogP contribution in [-0.2, 0) is 31.8 Å². The minimum absolute atomic E-state index is 0.00302. The van der Waals surface area contributed by atoms with Crippen LogP contribution in [0.2, 0.25) is 0 Å². The van der Waals surface area contributed by atoms with Crippen LogP contribution in [0.1, 0.15) is 54.6 Å². The number of ketones is 1. The molecule has 2 aromatic rings. The summed E-state index contributed by atoms with van der Waals surface area (Å²) < 4.78 is 28.2. The van der Waals surface area contributed by atoms with Crippen LogP contribution < -0.4 is 9.47 Å². The highest BCUT2D eigenvalue weighted by atomic mass is 16.7. The van der Waals surface area contributed by atoms with Gasteiger partial charge in [-0.3, -0.25) is 4.79 Å². The molecule has 0 N–H and O–H groups in total. The third-order valence-corrected chi connectivity index (χ3v) is 5.69. The van der Waals surface area contributed by atoms with Crippen molar-refractivity contribution >= 4 is 11.8 Å². The first-order valence-corrected chi connectivity index (χ1v) is 12.8. The zero-order valence-corrected chi connectivity index (χ0v) is 21.6. The molecule has 0 amide bonds. The van der Waals surface area contributed by atoms with Gasteiger partial charge in [-0.05, 0) is 50.0 Å². The van der Waals surface area contributed by atoms with E-state index in [4.69, 9.17) is 23.7 Å². The highest BCUT2D eigenvalue weighted by Crippen LogP contribution is 2.32. The Balaban J connectivity index is 2.00. The molecular formula is C30H36O7. The van der Waals surface area contributed by atoms with Gasteiger partial charge in [-0.2, -0.15) is 0 Å². The Morgan fingerprint density at radius 3 is 2.38 bits per heavy atom. The van der Waals surface area contributed by atoms with Crippen molar-refractivity contribution in [2.45, 2.75) is 52.1 Å². The first kappa shape index (κ1) is 28.2. The first-order valence-electron chi connectivity index (χ1n) is 12.8. The minimum Gasteiger partial charge on any atom is -0.467 e. The summed E-state index contributed by atoms with van der Waals surface area (Å²) in [6, 6.07) is 13.2. The summed E-state index contributed by atoms with van der Waals surface area (Å²) in [5, 5.41) is 0. The predicted molar refractivity (Wildman–Crippen MR) is 141 cm³/mol. The van der Waals surface area contributed by atoms with E-state index in [-0.39, 0.29) is 43.2 Å². The van der Waals surface area contributed by atoms with E-state index >= 15 is 0 Å². The summed E-state index contributed by atoms with van der Waals surface area (Å²) in [7, 11) is 0. The van der Waals surface area contributed by atoms with Gasteiger partial charge in [-0.1, -0.05) is 48.6 Å². The summed E-state index contributed by atoms with van der Waals surface area (Å²) in [6.45, 7) is 4.63. The lowest BCUT2D eigenvalue weighted by atomic mass is 9.99. The third-order valence-electron chi connectivity index (χ3n) is 5.69. The average molecular weight is 509 g/mol. The van der Waals surface area contributed by atoms with E-state index in [0.717, 1.165) is 18.4 Å². The largest absolute Gasteiger partial charge is 0.467 e. The molecular weight excluding hydrogens is 472 g/mol. The molecule has 0 saturated heterocycles. The zero-order valence-electron chi connectivity index (χ0n) is 21.6. The van der Waals surface area contributed by atoms with Crippen LogP contribution in [-0.4, -0.2) is 44.7 Å². The predicted octanol–water partition coefficient (Wildman–Crippen LogP) is 5.61. The van der Waals surface area contributed by atoms with E-state index in [2.05, 4.69) is 6.08 Å². The molecule has 1 aliphatic heterocycles. The fraction of sp³-hybridized carbons (Fsp3) is 0.400. The van der Waals surface area contributed by atoms with E-state index in [1.807, 2.05) is 56.3 Å². The number of carbonyl (C=O) groups is 2. The van der Waals surface area contributed by atoms with Gasteiger partial charge in [0, 0.05) is 38.5 Å². The molecule has 0 fully saturated rings. The van der Waals surface area contributed by atoms with E-state index in [1.54, 1.807) is 18.2 Å². The summed E-state index contributed by atoms with van der Waals surface area (Å²) in [5.74, 6) is -0.0249. The maximum Gasteiger partial charge on any atom is 0.342 e. The molecule has 0 spiro atoms. The van der Waals surface area contributed by atoms with Crippen molar-refractivity contribution in [2.75, 3.05) is 26.8 Å². The van der Waals surface area contributed by atoms with Crippen LogP contribution in [0.3, 0.4) is 0 Å². The van der Waals surface area contributed by atoms with Gasteiger partial charge in [0.2, 0.25) is 0 Å². The molecule has 0 aromatic heterocycles. The monoisotopic (exact) mass is 508 g/mol. The highest BCUT2D eigenvalue weighted by molar-refractivity contribution is 5.98. The molecule has 2 aromatic carbocycles.